The summed E-state index contributed by atoms with van der Waals surface area (Å²) in [6, 6.07) is 12.9. The average molecular weight is 254 g/mol. The second kappa shape index (κ2) is 5.58. The molecule has 0 aromatic heterocycles. The SMILES string of the molecule is N#Cc1cc(Oc2ccccc2)cc(N=C=O)c1F. The van der Waals surface area contributed by atoms with E-state index >= 15 is 0 Å². The molecule has 0 spiro atoms. The first-order valence-corrected chi connectivity index (χ1v) is 5.29. The zero-order valence-electron chi connectivity index (χ0n) is 9.63. The molecule has 0 amide bonds. The molecule has 2 aromatic rings. The Bertz CT molecular complexity index is 687. The maximum atomic E-state index is 13.6. The molecule has 0 fully saturated rings. The third kappa shape index (κ3) is 2.83. The van der Waals surface area contributed by atoms with Crippen molar-refractivity contribution >= 4 is 11.8 Å². The van der Waals surface area contributed by atoms with Gasteiger partial charge in [-0.15, -0.1) is 0 Å². The molecule has 0 N–H and O–H groups in total. The number of hydrogen-bond donors (Lipinski definition) is 0. The van der Waals surface area contributed by atoms with E-state index in [1.807, 2.05) is 6.07 Å². The summed E-state index contributed by atoms with van der Waals surface area (Å²) in [7, 11) is 0. The zero-order valence-corrected chi connectivity index (χ0v) is 9.63. The van der Waals surface area contributed by atoms with Crippen molar-refractivity contribution in [2.75, 3.05) is 0 Å². The molecule has 0 heterocycles. The Kier molecular flexibility index (Phi) is 3.67. The first-order valence-electron chi connectivity index (χ1n) is 5.29. The first kappa shape index (κ1) is 12.5. The molecular weight excluding hydrogens is 247 g/mol. The fourth-order valence-electron chi connectivity index (χ4n) is 1.48. The number of rotatable bonds is 3. The number of isocyanates is 1. The molecular formula is C14H7FN2O2. The van der Waals surface area contributed by atoms with Gasteiger partial charge in [0.1, 0.15) is 23.3 Å². The molecule has 0 saturated carbocycles. The van der Waals surface area contributed by atoms with E-state index in [4.69, 9.17) is 10.00 Å². The normalized spacial score (nSPS) is 9.26. The number of nitrogens with zero attached hydrogens (tertiary/aromatic N) is 2. The van der Waals surface area contributed by atoms with Gasteiger partial charge in [-0.3, -0.25) is 0 Å². The van der Waals surface area contributed by atoms with Gasteiger partial charge < -0.3 is 4.74 Å². The van der Waals surface area contributed by atoms with E-state index in [2.05, 4.69) is 4.99 Å². The maximum absolute atomic E-state index is 13.6. The fourth-order valence-corrected chi connectivity index (χ4v) is 1.48. The van der Waals surface area contributed by atoms with Gasteiger partial charge in [-0.25, -0.2) is 9.18 Å². The van der Waals surface area contributed by atoms with Crippen molar-refractivity contribution in [1.82, 2.24) is 0 Å². The Morgan fingerprint density at radius 3 is 2.53 bits per heavy atom. The molecule has 0 radical (unpaired) electrons. The van der Waals surface area contributed by atoms with Crippen LogP contribution in [0.25, 0.3) is 0 Å². The van der Waals surface area contributed by atoms with Gasteiger partial charge in [0.25, 0.3) is 0 Å². The van der Waals surface area contributed by atoms with E-state index in [0.717, 1.165) is 0 Å². The van der Waals surface area contributed by atoms with Crippen LogP contribution >= 0.6 is 0 Å². The Balaban J connectivity index is 2.44. The minimum Gasteiger partial charge on any atom is -0.457 e. The number of benzene rings is 2. The molecule has 0 atom stereocenters. The monoisotopic (exact) mass is 254 g/mol. The van der Waals surface area contributed by atoms with Crippen LogP contribution in [0.15, 0.2) is 47.5 Å². The predicted molar refractivity (Wildman–Crippen MR) is 65.4 cm³/mol. The summed E-state index contributed by atoms with van der Waals surface area (Å²) < 4.78 is 19.1. The Morgan fingerprint density at radius 2 is 1.89 bits per heavy atom. The maximum Gasteiger partial charge on any atom is 0.240 e. The minimum atomic E-state index is -0.869. The van der Waals surface area contributed by atoms with Crippen LogP contribution in [-0.4, -0.2) is 6.08 Å². The van der Waals surface area contributed by atoms with Gasteiger partial charge in [0.15, 0.2) is 5.82 Å². The number of aliphatic imine (C=N–C) groups is 1. The average Bonchev–Trinajstić information content (AvgIpc) is 2.43. The van der Waals surface area contributed by atoms with Crippen LogP contribution in [0.1, 0.15) is 5.56 Å². The van der Waals surface area contributed by atoms with Crippen molar-refractivity contribution in [3.05, 3.63) is 53.8 Å². The van der Waals surface area contributed by atoms with Crippen LogP contribution in [0.5, 0.6) is 11.5 Å². The first-order chi connectivity index (χ1) is 9.24. The van der Waals surface area contributed by atoms with Gasteiger partial charge in [0.2, 0.25) is 6.08 Å². The summed E-state index contributed by atoms with van der Waals surface area (Å²) >= 11 is 0. The molecule has 92 valence electrons. The van der Waals surface area contributed by atoms with Crippen LogP contribution in [0.4, 0.5) is 10.1 Å². The number of para-hydroxylation sites is 1. The van der Waals surface area contributed by atoms with E-state index in [-0.39, 0.29) is 17.0 Å². The Morgan fingerprint density at radius 1 is 1.16 bits per heavy atom. The van der Waals surface area contributed by atoms with Crippen LogP contribution in [0.2, 0.25) is 0 Å². The van der Waals surface area contributed by atoms with Crippen molar-refractivity contribution in [2.45, 2.75) is 0 Å². The van der Waals surface area contributed by atoms with Crippen LogP contribution in [0.3, 0.4) is 0 Å². The highest BCUT2D eigenvalue weighted by Crippen LogP contribution is 2.30. The van der Waals surface area contributed by atoms with Gasteiger partial charge in [-0.1, -0.05) is 18.2 Å². The molecule has 0 aliphatic heterocycles. The smallest absolute Gasteiger partial charge is 0.240 e. The largest absolute Gasteiger partial charge is 0.457 e. The predicted octanol–water partition coefficient (Wildman–Crippen LogP) is 3.46. The molecule has 2 rings (SSSR count). The number of hydrogen-bond acceptors (Lipinski definition) is 4. The van der Waals surface area contributed by atoms with E-state index in [0.29, 0.717) is 5.75 Å². The molecule has 19 heavy (non-hydrogen) atoms. The fraction of sp³-hybridized carbons (Fsp3) is 0. The quantitative estimate of drug-likeness (QED) is 0.622. The summed E-state index contributed by atoms with van der Waals surface area (Å²) in [6.07, 6.45) is 1.24. The van der Waals surface area contributed by atoms with Gasteiger partial charge in [0.05, 0.1) is 5.56 Å². The van der Waals surface area contributed by atoms with Crippen molar-refractivity contribution in [2.24, 2.45) is 4.99 Å². The Hall–Kier alpha value is -2.96. The van der Waals surface area contributed by atoms with Gasteiger partial charge in [-0.05, 0) is 12.1 Å². The highest BCUT2D eigenvalue weighted by Gasteiger charge is 2.11. The molecule has 2 aromatic carbocycles. The third-order valence-electron chi connectivity index (χ3n) is 2.29. The molecule has 4 nitrogen and oxygen atoms in total. The lowest BCUT2D eigenvalue weighted by atomic mass is 10.2. The highest BCUT2D eigenvalue weighted by atomic mass is 19.1. The Labute approximate surface area is 108 Å². The molecule has 0 aliphatic rings. The molecule has 0 bridgehead atoms. The minimum absolute atomic E-state index is 0.221. The van der Waals surface area contributed by atoms with E-state index in [1.54, 1.807) is 30.3 Å². The van der Waals surface area contributed by atoms with E-state index < -0.39 is 5.82 Å². The van der Waals surface area contributed by atoms with Crippen molar-refractivity contribution in [1.29, 1.82) is 5.26 Å². The third-order valence-corrected chi connectivity index (χ3v) is 2.29. The lowest BCUT2D eigenvalue weighted by Crippen LogP contribution is -1.89. The number of ether oxygens (including phenoxy) is 1. The molecule has 0 unspecified atom stereocenters. The number of carbonyl (C=O) groups excluding carboxylic acids is 1. The summed E-state index contributed by atoms with van der Waals surface area (Å²) in [4.78, 5) is 13.4. The van der Waals surface area contributed by atoms with Gasteiger partial charge >= 0.3 is 0 Å². The molecule has 0 saturated heterocycles. The van der Waals surface area contributed by atoms with Gasteiger partial charge in [-0.2, -0.15) is 10.3 Å². The van der Waals surface area contributed by atoms with E-state index in [9.17, 15) is 9.18 Å². The number of halogens is 1. The van der Waals surface area contributed by atoms with Crippen LogP contribution in [-0.2, 0) is 4.79 Å². The van der Waals surface area contributed by atoms with Crippen LogP contribution < -0.4 is 4.74 Å². The lowest BCUT2D eigenvalue weighted by molar-refractivity contribution is 0.480. The van der Waals surface area contributed by atoms with Crippen LogP contribution in [0, 0.1) is 17.1 Å². The second-order valence-electron chi connectivity index (χ2n) is 3.53. The van der Waals surface area contributed by atoms with Gasteiger partial charge in [0, 0.05) is 12.1 Å². The highest BCUT2D eigenvalue weighted by molar-refractivity contribution is 5.57. The topological polar surface area (TPSA) is 62.4 Å². The molecule has 5 heteroatoms. The van der Waals surface area contributed by atoms with E-state index in [1.165, 1.54) is 18.2 Å². The summed E-state index contributed by atoms with van der Waals surface area (Å²) in [5.41, 5.74) is -0.526. The lowest BCUT2D eigenvalue weighted by Gasteiger charge is -2.07. The van der Waals surface area contributed by atoms with Crippen molar-refractivity contribution in [3.63, 3.8) is 0 Å². The summed E-state index contributed by atoms with van der Waals surface area (Å²) in [5, 5.41) is 8.82. The van der Waals surface area contributed by atoms with Crippen molar-refractivity contribution in [3.8, 4) is 17.6 Å². The second-order valence-corrected chi connectivity index (χ2v) is 3.53. The van der Waals surface area contributed by atoms with Crippen molar-refractivity contribution < 1.29 is 13.9 Å². The number of nitriles is 1. The molecule has 0 aliphatic carbocycles. The summed E-state index contributed by atoms with van der Waals surface area (Å²) in [6.45, 7) is 0. The zero-order chi connectivity index (χ0) is 13.7. The summed E-state index contributed by atoms with van der Waals surface area (Å²) in [5.74, 6) is -0.122. The standard InChI is InChI=1S/C14H7FN2O2/c15-14-10(8-16)6-12(7-13(14)17-9-18)19-11-4-2-1-3-5-11/h1-7H.